The standard InChI is InChI=1S/C17H19N7O4/c1-28-14-9(15(18)24-27)3-2-4-10(14)20-11-7-12(21-17(26)8-5-6-8)22-23-13(11)16(19)25/h2-4,7-8,27H,5-6H2,1H3,(H2,18,24)(H2,19,25)(H2,20,21,22,26). The number of carbonyl (C=O) groups excluding carboxylic acids is 2. The Bertz CT molecular complexity index is 957. The van der Waals surface area contributed by atoms with Crippen molar-refractivity contribution < 1.29 is 19.5 Å². The van der Waals surface area contributed by atoms with Crippen LogP contribution >= 0.6 is 0 Å². The maximum atomic E-state index is 12.0. The minimum absolute atomic E-state index is 0.0217. The first-order chi connectivity index (χ1) is 13.4. The van der Waals surface area contributed by atoms with Gasteiger partial charge in [-0.2, -0.15) is 0 Å². The Labute approximate surface area is 159 Å². The molecule has 0 atom stereocenters. The van der Waals surface area contributed by atoms with Crippen molar-refractivity contribution in [3.05, 3.63) is 35.5 Å². The smallest absolute Gasteiger partial charge is 0.271 e. The van der Waals surface area contributed by atoms with E-state index < -0.39 is 5.91 Å². The zero-order valence-electron chi connectivity index (χ0n) is 15.0. The summed E-state index contributed by atoms with van der Waals surface area (Å²) in [5.41, 5.74) is 11.9. The predicted octanol–water partition coefficient (Wildman–Crippen LogP) is 0.771. The molecule has 1 aromatic carbocycles. The van der Waals surface area contributed by atoms with E-state index in [1.807, 2.05) is 0 Å². The fourth-order valence-electron chi connectivity index (χ4n) is 2.56. The summed E-state index contributed by atoms with van der Waals surface area (Å²) in [5, 5.41) is 25.2. The summed E-state index contributed by atoms with van der Waals surface area (Å²) in [6, 6.07) is 6.34. The first kappa shape index (κ1) is 18.9. The Morgan fingerprint density at radius 2 is 2.00 bits per heavy atom. The van der Waals surface area contributed by atoms with Crippen LogP contribution in [0, 0.1) is 5.92 Å². The van der Waals surface area contributed by atoms with E-state index in [4.69, 9.17) is 21.4 Å². The summed E-state index contributed by atoms with van der Waals surface area (Å²) in [4.78, 5) is 23.7. The number of amidine groups is 1. The van der Waals surface area contributed by atoms with Gasteiger partial charge in [-0.25, -0.2) is 0 Å². The van der Waals surface area contributed by atoms with Gasteiger partial charge >= 0.3 is 0 Å². The van der Waals surface area contributed by atoms with Crippen molar-refractivity contribution in [2.45, 2.75) is 12.8 Å². The molecule has 1 aliphatic carbocycles. The summed E-state index contributed by atoms with van der Waals surface area (Å²) < 4.78 is 5.35. The van der Waals surface area contributed by atoms with Gasteiger partial charge in [0.25, 0.3) is 5.91 Å². The van der Waals surface area contributed by atoms with Crippen LogP contribution in [-0.4, -0.2) is 40.2 Å². The zero-order chi connectivity index (χ0) is 20.3. The van der Waals surface area contributed by atoms with Crippen molar-refractivity contribution in [3.63, 3.8) is 0 Å². The number of ether oxygens (including phenoxy) is 1. The number of methoxy groups -OCH3 is 1. The Morgan fingerprint density at radius 1 is 1.25 bits per heavy atom. The summed E-state index contributed by atoms with van der Waals surface area (Å²) in [7, 11) is 1.41. The van der Waals surface area contributed by atoms with Crippen LogP contribution in [0.5, 0.6) is 5.75 Å². The maximum absolute atomic E-state index is 12.0. The Kier molecular flexibility index (Phi) is 5.25. The van der Waals surface area contributed by atoms with Gasteiger partial charge in [0.05, 0.1) is 24.0 Å². The number of para-hydroxylation sites is 1. The second-order valence-electron chi connectivity index (χ2n) is 6.12. The monoisotopic (exact) mass is 385 g/mol. The van der Waals surface area contributed by atoms with Gasteiger partial charge in [-0.05, 0) is 25.0 Å². The molecule has 0 aliphatic heterocycles. The highest BCUT2D eigenvalue weighted by atomic mass is 16.5. The van der Waals surface area contributed by atoms with Gasteiger partial charge in [-0.15, -0.1) is 10.2 Å². The third kappa shape index (κ3) is 3.92. The molecule has 11 heteroatoms. The molecule has 1 aromatic heterocycles. The number of benzene rings is 1. The van der Waals surface area contributed by atoms with Gasteiger partial charge in [-0.1, -0.05) is 11.2 Å². The van der Waals surface area contributed by atoms with Gasteiger partial charge in [0.15, 0.2) is 23.1 Å². The van der Waals surface area contributed by atoms with E-state index in [2.05, 4.69) is 26.0 Å². The summed E-state index contributed by atoms with van der Waals surface area (Å²) >= 11 is 0. The fourth-order valence-corrected chi connectivity index (χ4v) is 2.56. The highest BCUT2D eigenvalue weighted by Crippen LogP contribution is 2.33. The number of aromatic nitrogens is 2. The van der Waals surface area contributed by atoms with Gasteiger partial charge in [-0.3, -0.25) is 9.59 Å². The quantitative estimate of drug-likeness (QED) is 0.201. The van der Waals surface area contributed by atoms with Gasteiger partial charge < -0.3 is 32.0 Å². The van der Waals surface area contributed by atoms with Crippen molar-refractivity contribution in [2.24, 2.45) is 22.5 Å². The number of nitrogens with two attached hydrogens (primary N) is 2. The molecule has 1 aliphatic rings. The number of oxime groups is 1. The molecule has 7 N–H and O–H groups in total. The van der Waals surface area contributed by atoms with Crippen molar-refractivity contribution in [1.82, 2.24) is 10.2 Å². The molecule has 0 bridgehead atoms. The minimum atomic E-state index is -0.804. The van der Waals surface area contributed by atoms with Gasteiger partial charge in [0.2, 0.25) is 5.91 Å². The van der Waals surface area contributed by atoms with Crippen LogP contribution in [-0.2, 0) is 4.79 Å². The molecule has 11 nitrogen and oxygen atoms in total. The Hall–Kier alpha value is -3.89. The molecule has 0 saturated heterocycles. The molecule has 1 fully saturated rings. The Balaban J connectivity index is 1.98. The van der Waals surface area contributed by atoms with E-state index in [-0.39, 0.29) is 40.6 Å². The van der Waals surface area contributed by atoms with Crippen molar-refractivity contribution in [2.75, 3.05) is 17.7 Å². The second kappa shape index (κ2) is 7.78. The highest BCUT2D eigenvalue weighted by molar-refractivity contribution is 6.02. The number of nitrogens with zero attached hydrogens (tertiary/aromatic N) is 3. The number of nitrogens with one attached hydrogen (secondary N) is 2. The van der Waals surface area contributed by atoms with Crippen LogP contribution in [0.3, 0.4) is 0 Å². The minimum Gasteiger partial charge on any atom is -0.494 e. The Morgan fingerprint density at radius 3 is 2.61 bits per heavy atom. The number of carbonyl (C=O) groups is 2. The lowest BCUT2D eigenvalue weighted by Crippen LogP contribution is -2.19. The largest absolute Gasteiger partial charge is 0.494 e. The summed E-state index contributed by atoms with van der Waals surface area (Å²) in [6.45, 7) is 0. The number of hydrogen-bond acceptors (Lipinski definition) is 8. The van der Waals surface area contributed by atoms with Crippen LogP contribution in [0.25, 0.3) is 0 Å². The average molecular weight is 385 g/mol. The van der Waals surface area contributed by atoms with Crippen molar-refractivity contribution in [3.8, 4) is 5.75 Å². The molecular formula is C17H19N7O4. The first-order valence-electron chi connectivity index (χ1n) is 8.35. The predicted molar refractivity (Wildman–Crippen MR) is 101 cm³/mol. The molecule has 0 spiro atoms. The molecule has 0 unspecified atom stereocenters. The molecule has 2 amide bonds. The van der Waals surface area contributed by atoms with E-state index in [0.29, 0.717) is 11.3 Å². The lowest BCUT2D eigenvalue weighted by molar-refractivity contribution is -0.117. The number of hydrogen-bond donors (Lipinski definition) is 5. The molecule has 3 rings (SSSR count). The average Bonchev–Trinajstić information content (AvgIpc) is 3.52. The number of anilines is 3. The first-order valence-corrected chi connectivity index (χ1v) is 8.35. The maximum Gasteiger partial charge on any atom is 0.271 e. The second-order valence-corrected chi connectivity index (χ2v) is 6.12. The van der Waals surface area contributed by atoms with Crippen LogP contribution < -0.4 is 26.8 Å². The lowest BCUT2D eigenvalue weighted by atomic mass is 10.1. The number of amides is 2. The van der Waals surface area contributed by atoms with Crippen LogP contribution in [0.4, 0.5) is 17.2 Å². The number of primary amides is 1. The third-order valence-corrected chi connectivity index (χ3v) is 4.10. The van der Waals surface area contributed by atoms with E-state index in [9.17, 15) is 9.59 Å². The van der Waals surface area contributed by atoms with Crippen LogP contribution in [0.15, 0.2) is 29.4 Å². The number of rotatable bonds is 7. The molecule has 0 radical (unpaired) electrons. The van der Waals surface area contributed by atoms with Crippen molar-refractivity contribution >= 4 is 34.8 Å². The van der Waals surface area contributed by atoms with E-state index in [1.54, 1.807) is 18.2 Å². The fraction of sp³-hybridized carbons (Fsp3) is 0.235. The molecule has 146 valence electrons. The highest BCUT2D eigenvalue weighted by Gasteiger charge is 2.30. The van der Waals surface area contributed by atoms with Gasteiger partial charge in [0.1, 0.15) is 0 Å². The zero-order valence-corrected chi connectivity index (χ0v) is 15.0. The molecule has 28 heavy (non-hydrogen) atoms. The normalized spacial score (nSPS) is 13.7. The summed E-state index contributed by atoms with van der Waals surface area (Å²) in [5.74, 6) is -0.683. The topological polar surface area (TPSA) is 178 Å². The lowest BCUT2D eigenvalue weighted by Gasteiger charge is -2.16. The molecule has 1 saturated carbocycles. The molecular weight excluding hydrogens is 366 g/mol. The SMILES string of the molecule is COc1c(Nc2cc(NC(=O)C3CC3)nnc2C(N)=O)cccc1/C(N)=N/O. The van der Waals surface area contributed by atoms with Crippen molar-refractivity contribution in [1.29, 1.82) is 0 Å². The third-order valence-electron chi connectivity index (χ3n) is 4.10. The van der Waals surface area contributed by atoms with Crippen LogP contribution in [0.2, 0.25) is 0 Å². The van der Waals surface area contributed by atoms with E-state index >= 15 is 0 Å². The van der Waals surface area contributed by atoms with Crippen LogP contribution in [0.1, 0.15) is 28.9 Å². The van der Waals surface area contributed by atoms with Gasteiger partial charge in [0, 0.05) is 12.0 Å². The molecule has 1 heterocycles. The van der Waals surface area contributed by atoms with E-state index in [0.717, 1.165) is 12.8 Å². The molecule has 2 aromatic rings. The van der Waals surface area contributed by atoms with E-state index in [1.165, 1.54) is 13.2 Å². The summed E-state index contributed by atoms with van der Waals surface area (Å²) in [6.07, 6.45) is 1.67.